The average Bonchev–Trinajstić information content (AvgIpc) is 3.53. The second-order valence-electron chi connectivity index (χ2n) is 14.0. The molecule has 51 heavy (non-hydrogen) atoms. The summed E-state index contributed by atoms with van der Waals surface area (Å²) in [5.74, 6) is 1.25. The lowest BCUT2D eigenvalue weighted by atomic mass is 9.74. The Kier molecular flexibility index (Phi) is 6.17. The van der Waals surface area contributed by atoms with E-state index in [0.717, 1.165) is 23.4 Å². The molecule has 1 aliphatic carbocycles. The lowest BCUT2D eigenvalue weighted by Crippen LogP contribution is -2.13. The topological polar surface area (TPSA) is 14.2 Å². The summed E-state index contributed by atoms with van der Waals surface area (Å²) in [6.07, 6.45) is 0.987. The summed E-state index contributed by atoms with van der Waals surface area (Å²) in [5.41, 5.74) is 16.5. The standard InChI is InChI=1S/C49H33NO/c1-3-14-36-31(11-1)13-9-19-38(36)43-29-34-24-23-32(27-42(34)39-16-5-6-17-40(39)43)33-25-26-46-44(28-33)41-18-7-8-20-45(41)50(46)47-21-10-22-48-49(47)37-15-4-2-12-35(37)30-51-48/h1-28,43H,29-30H2. The summed E-state index contributed by atoms with van der Waals surface area (Å²) in [6.45, 7) is 0.595. The summed E-state index contributed by atoms with van der Waals surface area (Å²) in [5, 5.41) is 5.15. The smallest absolute Gasteiger partial charge is 0.129 e. The van der Waals surface area contributed by atoms with Crippen molar-refractivity contribution in [3.05, 3.63) is 192 Å². The molecule has 0 bridgehead atoms. The van der Waals surface area contributed by atoms with E-state index in [-0.39, 0.29) is 0 Å². The van der Waals surface area contributed by atoms with Gasteiger partial charge in [0.15, 0.2) is 0 Å². The fraction of sp³-hybridized carbons (Fsp3) is 0.0612. The van der Waals surface area contributed by atoms with Crippen LogP contribution in [-0.4, -0.2) is 4.57 Å². The second kappa shape index (κ2) is 11.1. The van der Waals surface area contributed by atoms with Crippen LogP contribution in [0, 0.1) is 0 Å². The van der Waals surface area contributed by atoms with Gasteiger partial charge in [-0.25, -0.2) is 0 Å². The van der Waals surface area contributed by atoms with Crippen molar-refractivity contribution in [1.82, 2.24) is 4.57 Å². The van der Waals surface area contributed by atoms with Crippen LogP contribution in [0.2, 0.25) is 0 Å². The predicted molar refractivity (Wildman–Crippen MR) is 211 cm³/mol. The van der Waals surface area contributed by atoms with Crippen LogP contribution in [0.15, 0.2) is 170 Å². The Morgan fingerprint density at radius 2 is 1.18 bits per heavy atom. The Bertz CT molecular complexity index is 2850. The first-order chi connectivity index (χ1) is 25.3. The Morgan fingerprint density at radius 3 is 2.14 bits per heavy atom. The Morgan fingerprint density at radius 1 is 0.471 bits per heavy atom. The van der Waals surface area contributed by atoms with Gasteiger partial charge in [0.05, 0.1) is 16.7 Å². The lowest BCUT2D eigenvalue weighted by molar-refractivity contribution is 0.302. The van der Waals surface area contributed by atoms with E-state index in [2.05, 4.69) is 174 Å². The highest BCUT2D eigenvalue weighted by molar-refractivity contribution is 6.11. The quantitative estimate of drug-likeness (QED) is 0.185. The minimum atomic E-state index is 0.314. The van der Waals surface area contributed by atoms with Crippen LogP contribution >= 0.6 is 0 Å². The minimum Gasteiger partial charge on any atom is -0.488 e. The first kappa shape index (κ1) is 28.5. The molecule has 1 unspecified atom stereocenters. The van der Waals surface area contributed by atoms with Gasteiger partial charge in [0, 0.05) is 22.3 Å². The average molecular weight is 652 g/mol. The molecule has 2 aliphatic rings. The van der Waals surface area contributed by atoms with Crippen molar-refractivity contribution in [3.63, 3.8) is 0 Å². The molecule has 1 aromatic heterocycles. The van der Waals surface area contributed by atoms with Crippen LogP contribution in [0.3, 0.4) is 0 Å². The molecule has 2 nitrogen and oxygen atoms in total. The minimum absolute atomic E-state index is 0.314. The van der Waals surface area contributed by atoms with Crippen LogP contribution in [-0.2, 0) is 13.0 Å². The molecule has 0 spiro atoms. The van der Waals surface area contributed by atoms with E-state index in [4.69, 9.17) is 4.74 Å². The molecule has 0 fully saturated rings. The fourth-order valence-corrected chi connectivity index (χ4v) is 8.95. The SMILES string of the molecule is c1ccc2c(c1)COc1cccc(-n3c4ccccc4c4cc(-c5ccc6c(c5)-c5ccccc5C(c5cccc7ccccc57)C6)ccc43)c1-2. The van der Waals surface area contributed by atoms with E-state index in [9.17, 15) is 0 Å². The maximum atomic E-state index is 6.30. The van der Waals surface area contributed by atoms with E-state index in [1.807, 2.05) is 0 Å². The first-order valence-electron chi connectivity index (χ1n) is 17.9. The largest absolute Gasteiger partial charge is 0.488 e. The van der Waals surface area contributed by atoms with Gasteiger partial charge in [-0.05, 0) is 104 Å². The third-order valence-electron chi connectivity index (χ3n) is 11.3. The molecule has 0 saturated carbocycles. The maximum Gasteiger partial charge on any atom is 0.129 e. The van der Waals surface area contributed by atoms with Gasteiger partial charge in [-0.1, -0.05) is 133 Å². The van der Waals surface area contributed by atoms with Crippen molar-refractivity contribution in [2.75, 3.05) is 0 Å². The van der Waals surface area contributed by atoms with Gasteiger partial charge in [-0.2, -0.15) is 0 Å². The number of aromatic nitrogens is 1. The number of benzene rings is 8. The van der Waals surface area contributed by atoms with E-state index in [1.165, 1.54) is 82.6 Å². The molecule has 2 heteroatoms. The molecule has 0 radical (unpaired) electrons. The van der Waals surface area contributed by atoms with Crippen LogP contribution in [0.1, 0.15) is 28.2 Å². The molecule has 0 amide bonds. The maximum absolute atomic E-state index is 6.30. The highest BCUT2D eigenvalue weighted by Gasteiger charge is 2.28. The summed E-state index contributed by atoms with van der Waals surface area (Å²) in [4.78, 5) is 0. The van der Waals surface area contributed by atoms with Crippen molar-refractivity contribution >= 4 is 32.6 Å². The zero-order valence-electron chi connectivity index (χ0n) is 28.0. The Hall–Kier alpha value is -6.38. The number of ether oxygens (including phenoxy) is 1. The normalized spacial score (nSPS) is 14.5. The van der Waals surface area contributed by atoms with E-state index >= 15 is 0 Å². The lowest BCUT2D eigenvalue weighted by Gasteiger charge is -2.29. The summed E-state index contributed by atoms with van der Waals surface area (Å²) in [7, 11) is 0. The molecule has 1 atom stereocenters. The molecule has 240 valence electrons. The van der Waals surface area contributed by atoms with Gasteiger partial charge >= 0.3 is 0 Å². The van der Waals surface area contributed by atoms with Crippen molar-refractivity contribution in [2.45, 2.75) is 18.9 Å². The first-order valence-corrected chi connectivity index (χ1v) is 17.9. The van der Waals surface area contributed by atoms with E-state index < -0.39 is 0 Å². The highest BCUT2D eigenvalue weighted by Crippen LogP contribution is 2.47. The van der Waals surface area contributed by atoms with Crippen molar-refractivity contribution in [3.8, 4) is 44.8 Å². The third-order valence-corrected chi connectivity index (χ3v) is 11.3. The van der Waals surface area contributed by atoms with Gasteiger partial charge in [-0.15, -0.1) is 0 Å². The monoisotopic (exact) mass is 651 g/mol. The number of fused-ring (bicyclic) bond motifs is 10. The van der Waals surface area contributed by atoms with Crippen molar-refractivity contribution in [2.24, 2.45) is 0 Å². The van der Waals surface area contributed by atoms with Crippen LogP contribution in [0.5, 0.6) is 5.75 Å². The summed E-state index contributed by atoms with van der Waals surface area (Å²) in [6, 6.07) is 62.6. The zero-order valence-corrected chi connectivity index (χ0v) is 28.0. The van der Waals surface area contributed by atoms with Gasteiger partial charge in [-0.3, -0.25) is 0 Å². The van der Waals surface area contributed by atoms with Gasteiger partial charge < -0.3 is 9.30 Å². The molecule has 8 aromatic carbocycles. The van der Waals surface area contributed by atoms with Gasteiger partial charge in [0.25, 0.3) is 0 Å². The predicted octanol–water partition coefficient (Wildman–Crippen LogP) is 12.5. The summed E-state index contributed by atoms with van der Waals surface area (Å²) < 4.78 is 8.72. The molecule has 9 aromatic rings. The molecule has 11 rings (SSSR count). The molecule has 0 N–H and O–H groups in total. The zero-order chi connectivity index (χ0) is 33.5. The number of hydrogen-bond acceptors (Lipinski definition) is 1. The van der Waals surface area contributed by atoms with Crippen LogP contribution in [0.25, 0.3) is 71.6 Å². The Balaban J connectivity index is 1.05. The molecule has 1 aliphatic heterocycles. The summed E-state index contributed by atoms with van der Waals surface area (Å²) >= 11 is 0. The second-order valence-corrected chi connectivity index (χ2v) is 14.0. The molecular weight excluding hydrogens is 619 g/mol. The van der Waals surface area contributed by atoms with Crippen molar-refractivity contribution < 1.29 is 4.74 Å². The number of rotatable bonds is 3. The fourth-order valence-electron chi connectivity index (χ4n) is 8.95. The van der Waals surface area contributed by atoms with E-state index in [1.54, 1.807) is 0 Å². The Labute approximate surface area is 296 Å². The number of hydrogen-bond donors (Lipinski definition) is 0. The number of para-hydroxylation sites is 1. The van der Waals surface area contributed by atoms with Crippen LogP contribution < -0.4 is 4.74 Å². The van der Waals surface area contributed by atoms with E-state index in [0.29, 0.717) is 12.5 Å². The molecular formula is C49H33NO. The molecule has 2 heterocycles. The van der Waals surface area contributed by atoms with Crippen molar-refractivity contribution in [1.29, 1.82) is 0 Å². The van der Waals surface area contributed by atoms with Gasteiger partial charge in [0.1, 0.15) is 12.4 Å². The van der Waals surface area contributed by atoms with Gasteiger partial charge in [0.2, 0.25) is 0 Å². The highest BCUT2D eigenvalue weighted by atomic mass is 16.5. The van der Waals surface area contributed by atoms with Crippen LogP contribution in [0.4, 0.5) is 0 Å². The number of nitrogens with zero attached hydrogens (tertiary/aromatic N) is 1. The molecule has 0 saturated heterocycles. The third kappa shape index (κ3) is 4.30.